The summed E-state index contributed by atoms with van der Waals surface area (Å²) < 4.78 is 0. The number of aryl methyl sites for hydroxylation is 1. The van der Waals surface area contributed by atoms with Gasteiger partial charge in [-0.15, -0.1) is 0 Å². The maximum absolute atomic E-state index is 10.0. The third-order valence-electron chi connectivity index (χ3n) is 2.41. The SMILES string of the molecule is Cc1nccc(C(O)Cc2ccnc(N)c2)n1. The van der Waals surface area contributed by atoms with Gasteiger partial charge < -0.3 is 10.8 Å². The van der Waals surface area contributed by atoms with Gasteiger partial charge in [-0.25, -0.2) is 15.0 Å². The van der Waals surface area contributed by atoms with E-state index >= 15 is 0 Å². The maximum atomic E-state index is 10.0. The summed E-state index contributed by atoms with van der Waals surface area (Å²) in [5.41, 5.74) is 7.13. The molecule has 2 rings (SSSR count). The minimum Gasteiger partial charge on any atom is -0.386 e. The van der Waals surface area contributed by atoms with Gasteiger partial charge in [-0.3, -0.25) is 0 Å². The smallest absolute Gasteiger partial charge is 0.125 e. The van der Waals surface area contributed by atoms with Gasteiger partial charge in [-0.05, 0) is 30.7 Å². The highest BCUT2D eigenvalue weighted by Crippen LogP contribution is 2.16. The summed E-state index contributed by atoms with van der Waals surface area (Å²) in [6.45, 7) is 1.79. The van der Waals surface area contributed by atoms with Crippen LogP contribution in [0, 0.1) is 6.92 Å². The van der Waals surface area contributed by atoms with Crippen LogP contribution < -0.4 is 5.73 Å². The number of hydrogen-bond acceptors (Lipinski definition) is 5. The van der Waals surface area contributed by atoms with Crippen LogP contribution in [0.5, 0.6) is 0 Å². The van der Waals surface area contributed by atoms with Gasteiger partial charge >= 0.3 is 0 Å². The Balaban J connectivity index is 2.14. The number of nitrogens with two attached hydrogens (primary N) is 1. The van der Waals surface area contributed by atoms with Gasteiger partial charge in [0.05, 0.1) is 5.69 Å². The van der Waals surface area contributed by atoms with Crippen LogP contribution in [0.25, 0.3) is 0 Å². The molecule has 2 heterocycles. The van der Waals surface area contributed by atoms with E-state index in [1.165, 1.54) is 0 Å². The average Bonchev–Trinajstić information content (AvgIpc) is 2.29. The van der Waals surface area contributed by atoms with Crippen molar-refractivity contribution in [1.29, 1.82) is 0 Å². The van der Waals surface area contributed by atoms with Gasteiger partial charge in [-0.1, -0.05) is 0 Å². The predicted molar refractivity (Wildman–Crippen MR) is 64.1 cm³/mol. The highest BCUT2D eigenvalue weighted by atomic mass is 16.3. The van der Waals surface area contributed by atoms with Crippen molar-refractivity contribution in [3.8, 4) is 0 Å². The Morgan fingerprint density at radius 1 is 1.29 bits per heavy atom. The molecule has 2 aromatic rings. The Bertz CT molecular complexity index is 515. The van der Waals surface area contributed by atoms with Crippen LogP contribution in [0.2, 0.25) is 0 Å². The molecule has 0 fully saturated rings. The van der Waals surface area contributed by atoms with Gasteiger partial charge in [0.15, 0.2) is 0 Å². The number of aliphatic hydroxyl groups excluding tert-OH is 1. The van der Waals surface area contributed by atoms with Crippen LogP contribution in [-0.4, -0.2) is 20.1 Å². The van der Waals surface area contributed by atoms with Crippen LogP contribution in [-0.2, 0) is 6.42 Å². The van der Waals surface area contributed by atoms with E-state index in [4.69, 9.17) is 5.73 Å². The summed E-state index contributed by atoms with van der Waals surface area (Å²) in [5, 5.41) is 10.0. The monoisotopic (exact) mass is 230 g/mol. The van der Waals surface area contributed by atoms with E-state index in [0.29, 0.717) is 23.8 Å². The van der Waals surface area contributed by atoms with E-state index in [-0.39, 0.29) is 0 Å². The highest BCUT2D eigenvalue weighted by Gasteiger charge is 2.10. The minimum absolute atomic E-state index is 0.452. The van der Waals surface area contributed by atoms with Crippen LogP contribution in [0.1, 0.15) is 23.2 Å². The van der Waals surface area contributed by atoms with E-state index in [2.05, 4.69) is 15.0 Å². The van der Waals surface area contributed by atoms with Crippen molar-refractivity contribution in [2.45, 2.75) is 19.4 Å². The normalized spacial score (nSPS) is 12.4. The molecule has 5 heteroatoms. The molecule has 17 heavy (non-hydrogen) atoms. The molecule has 3 N–H and O–H groups in total. The first-order valence-electron chi connectivity index (χ1n) is 5.33. The van der Waals surface area contributed by atoms with E-state index in [9.17, 15) is 5.11 Å². The van der Waals surface area contributed by atoms with E-state index < -0.39 is 6.10 Å². The molecule has 0 aliphatic carbocycles. The van der Waals surface area contributed by atoms with Crippen LogP contribution >= 0.6 is 0 Å². The van der Waals surface area contributed by atoms with Crippen LogP contribution in [0.15, 0.2) is 30.6 Å². The molecule has 0 aliphatic rings. The van der Waals surface area contributed by atoms with E-state index in [1.807, 2.05) is 6.07 Å². The van der Waals surface area contributed by atoms with Crippen LogP contribution in [0.3, 0.4) is 0 Å². The van der Waals surface area contributed by atoms with Crippen LogP contribution in [0.4, 0.5) is 5.82 Å². The second-order valence-electron chi connectivity index (χ2n) is 3.84. The molecule has 0 saturated heterocycles. The molecule has 0 aliphatic heterocycles. The second-order valence-corrected chi connectivity index (χ2v) is 3.84. The number of nitrogen functional groups attached to an aromatic ring is 1. The Kier molecular flexibility index (Phi) is 3.30. The fourth-order valence-corrected chi connectivity index (χ4v) is 1.61. The number of rotatable bonds is 3. The molecular weight excluding hydrogens is 216 g/mol. The molecule has 1 unspecified atom stereocenters. The lowest BCUT2D eigenvalue weighted by molar-refractivity contribution is 0.173. The Morgan fingerprint density at radius 2 is 2.06 bits per heavy atom. The van der Waals surface area contributed by atoms with Crippen molar-refractivity contribution in [1.82, 2.24) is 15.0 Å². The predicted octanol–water partition coefficient (Wildman–Crippen LogP) is 1.04. The lowest BCUT2D eigenvalue weighted by atomic mass is 10.1. The van der Waals surface area contributed by atoms with Crippen molar-refractivity contribution in [2.24, 2.45) is 0 Å². The molecule has 0 bridgehead atoms. The summed E-state index contributed by atoms with van der Waals surface area (Å²) >= 11 is 0. The minimum atomic E-state index is -0.654. The fraction of sp³-hybridized carbons (Fsp3) is 0.250. The van der Waals surface area contributed by atoms with E-state index in [0.717, 1.165) is 5.56 Å². The number of aliphatic hydroxyl groups is 1. The molecular formula is C12H14N4O. The van der Waals surface area contributed by atoms with E-state index in [1.54, 1.807) is 31.5 Å². The lowest BCUT2D eigenvalue weighted by Gasteiger charge is -2.10. The van der Waals surface area contributed by atoms with Crippen molar-refractivity contribution in [3.05, 3.63) is 47.7 Å². The molecule has 0 aromatic carbocycles. The summed E-state index contributed by atoms with van der Waals surface area (Å²) in [7, 11) is 0. The van der Waals surface area contributed by atoms with Gasteiger partial charge in [0.25, 0.3) is 0 Å². The number of aromatic nitrogens is 3. The third kappa shape index (κ3) is 2.98. The molecule has 0 spiro atoms. The topological polar surface area (TPSA) is 84.9 Å². The average molecular weight is 230 g/mol. The van der Waals surface area contributed by atoms with Gasteiger partial charge in [0.2, 0.25) is 0 Å². The second kappa shape index (κ2) is 4.88. The standard InChI is InChI=1S/C12H14N4O/c1-8-14-5-3-10(16-8)11(17)6-9-2-4-15-12(13)7-9/h2-5,7,11,17H,6H2,1H3,(H2,13,15). The quantitative estimate of drug-likeness (QED) is 0.822. The lowest BCUT2D eigenvalue weighted by Crippen LogP contribution is -2.06. The van der Waals surface area contributed by atoms with Crippen molar-refractivity contribution < 1.29 is 5.11 Å². The molecule has 5 nitrogen and oxygen atoms in total. The fourth-order valence-electron chi connectivity index (χ4n) is 1.61. The molecule has 1 atom stereocenters. The Hall–Kier alpha value is -2.01. The number of pyridine rings is 1. The maximum Gasteiger partial charge on any atom is 0.125 e. The summed E-state index contributed by atoms with van der Waals surface area (Å²) in [4.78, 5) is 12.1. The summed E-state index contributed by atoms with van der Waals surface area (Å²) in [6.07, 6.45) is 3.08. The van der Waals surface area contributed by atoms with Gasteiger partial charge in [-0.2, -0.15) is 0 Å². The zero-order chi connectivity index (χ0) is 12.3. The first kappa shape index (κ1) is 11.5. The molecule has 2 aromatic heterocycles. The molecule has 0 saturated carbocycles. The first-order valence-corrected chi connectivity index (χ1v) is 5.33. The Morgan fingerprint density at radius 3 is 2.76 bits per heavy atom. The van der Waals surface area contributed by atoms with Gasteiger partial charge in [0, 0.05) is 18.8 Å². The number of nitrogens with zero attached hydrogens (tertiary/aromatic N) is 3. The molecule has 0 amide bonds. The highest BCUT2D eigenvalue weighted by molar-refractivity contribution is 5.32. The Labute approximate surface area is 99.4 Å². The van der Waals surface area contributed by atoms with Gasteiger partial charge in [0.1, 0.15) is 17.7 Å². The first-order chi connectivity index (χ1) is 8.15. The largest absolute Gasteiger partial charge is 0.386 e. The molecule has 88 valence electrons. The summed E-state index contributed by atoms with van der Waals surface area (Å²) in [5.74, 6) is 1.10. The van der Waals surface area contributed by atoms with Crippen molar-refractivity contribution in [2.75, 3.05) is 5.73 Å². The van der Waals surface area contributed by atoms with Crippen molar-refractivity contribution in [3.63, 3.8) is 0 Å². The number of hydrogen-bond donors (Lipinski definition) is 2. The number of anilines is 1. The third-order valence-corrected chi connectivity index (χ3v) is 2.41. The zero-order valence-corrected chi connectivity index (χ0v) is 9.54. The van der Waals surface area contributed by atoms with Crippen molar-refractivity contribution >= 4 is 5.82 Å². The molecule has 0 radical (unpaired) electrons. The summed E-state index contributed by atoms with van der Waals surface area (Å²) in [6, 6.07) is 5.28. The zero-order valence-electron chi connectivity index (χ0n) is 9.54.